The third-order valence-corrected chi connectivity index (χ3v) is 2.56. The molecule has 0 bridgehead atoms. The second-order valence-corrected chi connectivity index (χ2v) is 3.78. The number of ether oxygens (including phenoxy) is 3. The molecule has 0 radical (unpaired) electrons. The molecule has 5 heteroatoms. The number of nitrogen functional groups attached to an aromatic ring is 1. The average molecular weight is 263 g/mol. The minimum Gasteiger partial charge on any atom is -0.493 e. The van der Waals surface area contributed by atoms with E-state index in [1.807, 2.05) is 0 Å². The number of para-hydroxylation sites is 1. The molecule has 19 heavy (non-hydrogen) atoms. The van der Waals surface area contributed by atoms with Gasteiger partial charge in [0.15, 0.2) is 17.2 Å². The van der Waals surface area contributed by atoms with Crippen LogP contribution in [-0.2, 0) is 0 Å². The van der Waals surface area contributed by atoms with Gasteiger partial charge in [-0.25, -0.2) is 4.39 Å². The predicted molar refractivity (Wildman–Crippen MR) is 70.4 cm³/mol. The van der Waals surface area contributed by atoms with Crippen molar-refractivity contribution in [2.45, 2.75) is 0 Å². The number of nitrogens with two attached hydrogens (primary N) is 1. The molecule has 2 rings (SSSR count). The molecule has 0 spiro atoms. The van der Waals surface area contributed by atoms with Crippen molar-refractivity contribution in [1.29, 1.82) is 0 Å². The first-order valence-electron chi connectivity index (χ1n) is 5.59. The maximum atomic E-state index is 13.0. The van der Waals surface area contributed by atoms with Crippen molar-refractivity contribution in [3.8, 4) is 23.0 Å². The third kappa shape index (κ3) is 2.70. The van der Waals surface area contributed by atoms with Crippen LogP contribution in [0.3, 0.4) is 0 Å². The molecule has 0 saturated heterocycles. The van der Waals surface area contributed by atoms with E-state index in [2.05, 4.69) is 0 Å². The summed E-state index contributed by atoms with van der Waals surface area (Å²) in [5, 5.41) is 0. The summed E-state index contributed by atoms with van der Waals surface area (Å²) < 4.78 is 29.0. The lowest BCUT2D eigenvalue weighted by molar-refractivity contribution is 0.336. The summed E-state index contributed by atoms with van der Waals surface area (Å²) >= 11 is 0. The molecule has 0 heterocycles. The van der Waals surface area contributed by atoms with Gasteiger partial charge in [0.2, 0.25) is 5.75 Å². The average Bonchev–Trinajstić information content (AvgIpc) is 2.41. The minimum absolute atomic E-state index is 0.213. The van der Waals surface area contributed by atoms with E-state index in [0.717, 1.165) is 0 Å². The topological polar surface area (TPSA) is 53.7 Å². The lowest BCUT2D eigenvalue weighted by atomic mass is 10.2. The van der Waals surface area contributed by atoms with Gasteiger partial charge in [-0.3, -0.25) is 0 Å². The maximum Gasteiger partial charge on any atom is 0.203 e. The van der Waals surface area contributed by atoms with Gasteiger partial charge in [0.05, 0.1) is 19.9 Å². The van der Waals surface area contributed by atoms with Crippen LogP contribution >= 0.6 is 0 Å². The summed E-state index contributed by atoms with van der Waals surface area (Å²) in [6.07, 6.45) is 0. The molecule has 2 N–H and O–H groups in total. The highest BCUT2D eigenvalue weighted by molar-refractivity contribution is 5.57. The predicted octanol–water partition coefficient (Wildman–Crippen LogP) is 3.22. The fourth-order valence-corrected chi connectivity index (χ4v) is 1.67. The molecule has 0 amide bonds. The zero-order chi connectivity index (χ0) is 13.8. The van der Waals surface area contributed by atoms with Crippen molar-refractivity contribution in [2.24, 2.45) is 0 Å². The summed E-state index contributed by atoms with van der Waals surface area (Å²) in [7, 11) is 3.05. The third-order valence-electron chi connectivity index (χ3n) is 2.56. The monoisotopic (exact) mass is 263 g/mol. The Morgan fingerprint density at radius 3 is 2.32 bits per heavy atom. The first kappa shape index (κ1) is 13.0. The van der Waals surface area contributed by atoms with E-state index < -0.39 is 5.82 Å². The number of anilines is 1. The standard InChI is InChI=1S/C14H14FNO3/c1-17-12-4-3-5-13(14(12)18-2)19-11-7-6-9(15)8-10(11)16/h3-8H,16H2,1-2H3. The molecule has 0 saturated carbocycles. The molecule has 0 aromatic heterocycles. The number of hydrogen-bond donors (Lipinski definition) is 1. The molecule has 0 atom stereocenters. The van der Waals surface area contributed by atoms with Crippen LogP contribution in [0.4, 0.5) is 10.1 Å². The minimum atomic E-state index is -0.414. The number of halogens is 1. The Balaban J connectivity index is 2.37. The van der Waals surface area contributed by atoms with Crippen LogP contribution in [-0.4, -0.2) is 14.2 Å². The van der Waals surface area contributed by atoms with Crippen LogP contribution in [0.5, 0.6) is 23.0 Å². The Bertz CT molecular complexity index is 587. The van der Waals surface area contributed by atoms with Crippen molar-refractivity contribution in [1.82, 2.24) is 0 Å². The SMILES string of the molecule is COc1cccc(Oc2ccc(F)cc2N)c1OC. The highest BCUT2D eigenvalue weighted by Crippen LogP contribution is 2.40. The van der Waals surface area contributed by atoms with E-state index in [1.54, 1.807) is 18.2 Å². The second-order valence-electron chi connectivity index (χ2n) is 3.78. The zero-order valence-electron chi connectivity index (χ0n) is 10.6. The fraction of sp³-hybridized carbons (Fsp3) is 0.143. The van der Waals surface area contributed by atoms with Gasteiger partial charge in [-0.2, -0.15) is 0 Å². The highest BCUT2D eigenvalue weighted by Gasteiger charge is 2.12. The van der Waals surface area contributed by atoms with Crippen LogP contribution in [0.15, 0.2) is 36.4 Å². The number of benzene rings is 2. The number of rotatable bonds is 4. The van der Waals surface area contributed by atoms with Crippen molar-refractivity contribution < 1.29 is 18.6 Å². The Kier molecular flexibility index (Phi) is 3.75. The Morgan fingerprint density at radius 2 is 1.68 bits per heavy atom. The normalized spacial score (nSPS) is 10.1. The summed E-state index contributed by atoms with van der Waals surface area (Å²) in [4.78, 5) is 0. The van der Waals surface area contributed by atoms with E-state index in [-0.39, 0.29) is 5.69 Å². The van der Waals surface area contributed by atoms with Crippen molar-refractivity contribution >= 4 is 5.69 Å². The van der Waals surface area contributed by atoms with Gasteiger partial charge >= 0.3 is 0 Å². The van der Waals surface area contributed by atoms with Crippen molar-refractivity contribution in [3.63, 3.8) is 0 Å². The molecule has 2 aromatic carbocycles. The quantitative estimate of drug-likeness (QED) is 0.860. The van der Waals surface area contributed by atoms with Crippen LogP contribution in [0, 0.1) is 5.82 Å². The first-order valence-corrected chi connectivity index (χ1v) is 5.59. The van der Waals surface area contributed by atoms with E-state index in [9.17, 15) is 4.39 Å². The fourth-order valence-electron chi connectivity index (χ4n) is 1.67. The molecular weight excluding hydrogens is 249 g/mol. The number of methoxy groups -OCH3 is 2. The van der Waals surface area contributed by atoms with Gasteiger partial charge < -0.3 is 19.9 Å². The van der Waals surface area contributed by atoms with Gasteiger partial charge in [-0.15, -0.1) is 0 Å². The highest BCUT2D eigenvalue weighted by atomic mass is 19.1. The molecule has 0 aliphatic heterocycles. The summed E-state index contributed by atoms with van der Waals surface area (Å²) in [5.74, 6) is 1.38. The van der Waals surface area contributed by atoms with Crippen LogP contribution < -0.4 is 19.9 Å². The van der Waals surface area contributed by atoms with Gasteiger partial charge in [0.25, 0.3) is 0 Å². The molecule has 0 aliphatic rings. The van der Waals surface area contributed by atoms with Crippen molar-refractivity contribution in [3.05, 3.63) is 42.2 Å². The Morgan fingerprint density at radius 1 is 0.947 bits per heavy atom. The second kappa shape index (κ2) is 5.48. The Labute approximate surface area is 110 Å². The maximum absolute atomic E-state index is 13.0. The lowest BCUT2D eigenvalue weighted by Gasteiger charge is -2.14. The summed E-state index contributed by atoms with van der Waals surface area (Å²) in [5.41, 5.74) is 5.91. The summed E-state index contributed by atoms with van der Waals surface area (Å²) in [6, 6.07) is 9.16. The molecule has 2 aromatic rings. The van der Waals surface area contributed by atoms with Gasteiger partial charge in [0, 0.05) is 6.07 Å². The molecule has 100 valence electrons. The number of hydrogen-bond acceptors (Lipinski definition) is 4. The molecule has 0 aliphatic carbocycles. The molecule has 0 unspecified atom stereocenters. The van der Waals surface area contributed by atoms with Gasteiger partial charge in [-0.1, -0.05) is 6.07 Å². The largest absolute Gasteiger partial charge is 0.493 e. The summed E-state index contributed by atoms with van der Waals surface area (Å²) in [6.45, 7) is 0. The van der Waals surface area contributed by atoms with E-state index in [0.29, 0.717) is 23.0 Å². The van der Waals surface area contributed by atoms with Crippen LogP contribution in [0.1, 0.15) is 0 Å². The molecule has 4 nitrogen and oxygen atoms in total. The first-order chi connectivity index (χ1) is 9.15. The van der Waals surface area contributed by atoms with Gasteiger partial charge in [-0.05, 0) is 24.3 Å². The molecule has 0 fully saturated rings. The van der Waals surface area contributed by atoms with Crippen LogP contribution in [0.2, 0.25) is 0 Å². The van der Waals surface area contributed by atoms with E-state index in [1.165, 1.54) is 32.4 Å². The Hall–Kier alpha value is -2.43. The van der Waals surface area contributed by atoms with Crippen molar-refractivity contribution in [2.75, 3.05) is 20.0 Å². The lowest BCUT2D eigenvalue weighted by Crippen LogP contribution is -1.96. The zero-order valence-corrected chi connectivity index (χ0v) is 10.6. The smallest absolute Gasteiger partial charge is 0.203 e. The van der Waals surface area contributed by atoms with Crippen LogP contribution in [0.25, 0.3) is 0 Å². The van der Waals surface area contributed by atoms with E-state index in [4.69, 9.17) is 19.9 Å². The van der Waals surface area contributed by atoms with Gasteiger partial charge in [0.1, 0.15) is 5.82 Å². The van der Waals surface area contributed by atoms with E-state index >= 15 is 0 Å². The molecular formula is C14H14FNO3.